The van der Waals surface area contributed by atoms with Crippen molar-refractivity contribution in [3.63, 3.8) is 0 Å². The second-order valence-corrected chi connectivity index (χ2v) is 10.3. The molecule has 2 unspecified atom stereocenters. The number of hydrogen-bond acceptors (Lipinski definition) is 3. The third-order valence-corrected chi connectivity index (χ3v) is 8.25. The number of hydrogen-bond donors (Lipinski definition) is 3. The van der Waals surface area contributed by atoms with Gasteiger partial charge in [-0.15, -0.1) is 0 Å². The van der Waals surface area contributed by atoms with Crippen LogP contribution in [0.2, 0.25) is 0 Å². The molecule has 1 aliphatic heterocycles. The fraction of sp³-hybridized carbons (Fsp3) is 0.538. The average Bonchev–Trinajstić information content (AvgIpc) is 3.26. The lowest BCUT2D eigenvalue weighted by Gasteiger charge is -2.20. The minimum atomic E-state index is -2.60. The van der Waals surface area contributed by atoms with Crippen molar-refractivity contribution < 1.29 is 13.6 Å². The number of halogens is 2. The summed E-state index contributed by atoms with van der Waals surface area (Å²) in [4.78, 5) is 15.8. The summed E-state index contributed by atoms with van der Waals surface area (Å²) in [5, 5.41) is 11.7. The van der Waals surface area contributed by atoms with Gasteiger partial charge < -0.3 is 15.2 Å². The number of amides is 1. The lowest BCUT2D eigenvalue weighted by Crippen LogP contribution is -2.27. The van der Waals surface area contributed by atoms with Gasteiger partial charge in [0.15, 0.2) is 0 Å². The van der Waals surface area contributed by atoms with Crippen molar-refractivity contribution in [3.05, 3.63) is 35.5 Å². The smallest absolute Gasteiger partial charge is 0.258 e. The van der Waals surface area contributed by atoms with E-state index in [4.69, 9.17) is 0 Å². The van der Waals surface area contributed by atoms with Crippen LogP contribution in [0.1, 0.15) is 44.4 Å². The summed E-state index contributed by atoms with van der Waals surface area (Å²) in [6.45, 7) is 6.45. The first kappa shape index (κ1) is 23.0. The highest BCUT2D eigenvalue weighted by Gasteiger charge is 2.78. The maximum Gasteiger partial charge on any atom is 0.258 e. The summed E-state index contributed by atoms with van der Waals surface area (Å²) in [6.07, 6.45) is 5.61. The van der Waals surface area contributed by atoms with Crippen molar-refractivity contribution in [1.82, 2.24) is 20.5 Å². The van der Waals surface area contributed by atoms with Gasteiger partial charge in [0, 0.05) is 52.6 Å². The molecule has 2 aromatic heterocycles. The fourth-order valence-electron chi connectivity index (χ4n) is 5.64. The van der Waals surface area contributed by atoms with Gasteiger partial charge in [0.25, 0.3) is 5.92 Å². The molecule has 2 aliphatic carbocycles. The Morgan fingerprint density at radius 3 is 2.68 bits per heavy atom. The number of H-pyrrole nitrogens is 2. The molecule has 182 valence electrons. The molecule has 1 saturated carbocycles. The molecule has 3 N–H and O–H groups in total. The van der Waals surface area contributed by atoms with Crippen molar-refractivity contribution in [2.45, 2.75) is 51.9 Å². The summed E-state index contributed by atoms with van der Waals surface area (Å²) in [5.41, 5.74) is 3.94. The molecule has 3 heterocycles. The first-order valence-electron chi connectivity index (χ1n) is 12.2. The number of carbonyl (C=O) groups is 1. The molecule has 1 aromatic carbocycles. The molecule has 1 saturated heterocycles. The minimum Gasteiger partial charge on any atom is -0.353 e. The van der Waals surface area contributed by atoms with E-state index in [0.717, 1.165) is 45.9 Å². The Labute approximate surface area is 198 Å². The highest BCUT2D eigenvalue weighted by molar-refractivity contribution is 5.90. The number of fused-ring (bicyclic) bond motifs is 3. The zero-order valence-electron chi connectivity index (χ0n) is 20.0. The Kier molecular flexibility index (Phi) is 5.74. The van der Waals surface area contributed by atoms with E-state index >= 15 is 0 Å². The zero-order valence-corrected chi connectivity index (χ0v) is 20.0. The van der Waals surface area contributed by atoms with Gasteiger partial charge in [0.05, 0.1) is 5.69 Å². The SMILES string of the molecule is CCC1CCNCC1.CN(C=O)c1ccc2cc(-c3n[nH]c4c3CC3C(F)(F)C3(C)C4)[nH]c2c1. The number of nitrogens with one attached hydrogen (secondary N) is 3. The van der Waals surface area contributed by atoms with Crippen LogP contribution in [0.25, 0.3) is 22.3 Å². The molecule has 0 spiro atoms. The zero-order chi connectivity index (χ0) is 24.1. The van der Waals surface area contributed by atoms with Crippen LogP contribution in [0.5, 0.6) is 0 Å². The lowest BCUT2D eigenvalue weighted by atomic mass is 9.87. The van der Waals surface area contributed by atoms with Crippen LogP contribution in [0, 0.1) is 17.3 Å². The standard InChI is InChI=1S/C19H18F2N4O.C7H15N/c1-18-8-15-12(7-16(18)19(18,20)21)17(24-23-15)14-5-10-3-4-11(25(2)9-26)6-13(10)22-14;1-2-7-3-5-8-6-4-7/h3-6,9,16,22H,7-8H2,1-2H3,(H,23,24);7-8H,2-6H2,1H3. The first-order valence-corrected chi connectivity index (χ1v) is 12.2. The predicted octanol–water partition coefficient (Wildman–Crippen LogP) is 4.92. The maximum absolute atomic E-state index is 14.1. The maximum atomic E-state index is 14.1. The summed E-state index contributed by atoms with van der Waals surface area (Å²) in [6, 6.07) is 7.65. The molecule has 2 atom stereocenters. The summed E-state index contributed by atoms with van der Waals surface area (Å²) in [7, 11) is 1.69. The average molecular weight is 470 g/mol. The van der Waals surface area contributed by atoms with Gasteiger partial charge in [-0.3, -0.25) is 9.89 Å². The van der Waals surface area contributed by atoms with E-state index in [0.29, 0.717) is 18.5 Å². The van der Waals surface area contributed by atoms with Crippen molar-refractivity contribution in [2.75, 3.05) is 25.0 Å². The molecule has 1 amide bonds. The van der Waals surface area contributed by atoms with Gasteiger partial charge in [-0.1, -0.05) is 26.3 Å². The fourth-order valence-corrected chi connectivity index (χ4v) is 5.64. The third-order valence-electron chi connectivity index (χ3n) is 8.25. The summed E-state index contributed by atoms with van der Waals surface area (Å²) < 4.78 is 28.2. The van der Waals surface area contributed by atoms with Gasteiger partial charge in [-0.2, -0.15) is 5.10 Å². The van der Waals surface area contributed by atoms with E-state index in [9.17, 15) is 13.6 Å². The van der Waals surface area contributed by atoms with Crippen molar-refractivity contribution >= 4 is 23.0 Å². The Morgan fingerprint density at radius 1 is 1.24 bits per heavy atom. The van der Waals surface area contributed by atoms with E-state index < -0.39 is 17.3 Å². The quantitative estimate of drug-likeness (QED) is 0.475. The van der Waals surface area contributed by atoms with Crippen molar-refractivity contribution in [1.29, 1.82) is 0 Å². The molecule has 3 aliphatic rings. The Hall–Kier alpha value is -2.74. The number of benzene rings is 1. The summed E-state index contributed by atoms with van der Waals surface area (Å²) >= 11 is 0. The van der Waals surface area contributed by atoms with E-state index in [1.807, 2.05) is 24.3 Å². The van der Waals surface area contributed by atoms with Gasteiger partial charge >= 0.3 is 0 Å². The van der Waals surface area contributed by atoms with Crippen LogP contribution in [-0.4, -0.2) is 47.7 Å². The highest BCUT2D eigenvalue weighted by atomic mass is 19.3. The second-order valence-electron chi connectivity index (χ2n) is 10.3. The molecule has 0 radical (unpaired) electrons. The number of anilines is 1. The van der Waals surface area contributed by atoms with Crippen LogP contribution in [0.15, 0.2) is 24.3 Å². The Bertz CT molecular complexity index is 1200. The van der Waals surface area contributed by atoms with Crippen LogP contribution < -0.4 is 10.2 Å². The molecule has 6 rings (SSSR count). The van der Waals surface area contributed by atoms with Crippen molar-refractivity contribution in [2.24, 2.45) is 17.3 Å². The van der Waals surface area contributed by atoms with Gasteiger partial charge in [0.2, 0.25) is 6.41 Å². The van der Waals surface area contributed by atoms with E-state index in [2.05, 4.69) is 27.4 Å². The molecule has 34 heavy (non-hydrogen) atoms. The number of carbonyl (C=O) groups excluding carboxylic acids is 1. The molecular weight excluding hydrogens is 436 g/mol. The Morgan fingerprint density at radius 2 is 2.00 bits per heavy atom. The number of alkyl halides is 2. The molecule has 2 fully saturated rings. The molecule has 3 aromatic rings. The second kappa shape index (κ2) is 8.48. The molecule has 0 bridgehead atoms. The number of aromatic nitrogens is 3. The monoisotopic (exact) mass is 469 g/mol. The summed E-state index contributed by atoms with van der Waals surface area (Å²) in [5.74, 6) is -2.17. The van der Waals surface area contributed by atoms with Crippen LogP contribution in [0.3, 0.4) is 0 Å². The van der Waals surface area contributed by atoms with Crippen LogP contribution in [0.4, 0.5) is 14.5 Å². The van der Waals surface area contributed by atoms with E-state index in [1.165, 1.54) is 37.3 Å². The molecular formula is C26H33F2N5O. The van der Waals surface area contributed by atoms with Crippen molar-refractivity contribution in [3.8, 4) is 11.4 Å². The Balaban J connectivity index is 0.000000257. The van der Waals surface area contributed by atoms with Gasteiger partial charge in [0.1, 0.15) is 5.69 Å². The minimum absolute atomic E-state index is 0.335. The van der Waals surface area contributed by atoms with E-state index in [-0.39, 0.29) is 0 Å². The van der Waals surface area contributed by atoms with Crippen LogP contribution in [-0.2, 0) is 17.6 Å². The topological polar surface area (TPSA) is 76.8 Å². The number of nitrogens with zero attached hydrogens (tertiary/aromatic N) is 2. The number of rotatable bonds is 4. The van der Waals surface area contributed by atoms with Gasteiger partial charge in [-0.05, 0) is 56.5 Å². The highest BCUT2D eigenvalue weighted by Crippen LogP contribution is 2.70. The number of aromatic amines is 2. The molecule has 8 heteroatoms. The lowest BCUT2D eigenvalue weighted by molar-refractivity contribution is -0.107. The largest absolute Gasteiger partial charge is 0.353 e. The molecule has 6 nitrogen and oxygen atoms in total. The third kappa shape index (κ3) is 3.72. The van der Waals surface area contributed by atoms with Gasteiger partial charge in [-0.25, -0.2) is 8.78 Å². The number of piperidine rings is 1. The normalized spacial score (nSPS) is 25.1. The van der Waals surface area contributed by atoms with Crippen LogP contribution >= 0.6 is 0 Å². The van der Waals surface area contributed by atoms with E-state index in [1.54, 1.807) is 14.0 Å². The first-order chi connectivity index (χ1) is 16.3. The predicted molar refractivity (Wildman–Crippen MR) is 130 cm³/mol.